The molecule has 0 bridgehead atoms. The second-order valence-corrected chi connectivity index (χ2v) is 1.78. The highest BCUT2D eigenvalue weighted by Gasteiger charge is 1.80. The quantitative estimate of drug-likeness (QED) is 0.449. The Labute approximate surface area is 59.2 Å². The Kier molecular flexibility index (Phi) is 2.38. The number of rotatable bonds is 2. The van der Waals surface area contributed by atoms with E-state index in [-0.39, 0.29) is 0 Å². The molecule has 0 aliphatic heterocycles. The fourth-order valence-corrected chi connectivity index (χ4v) is 0.625. The van der Waals surface area contributed by atoms with Crippen molar-refractivity contribution in [1.29, 1.82) is 0 Å². The van der Waals surface area contributed by atoms with Gasteiger partial charge in [0.2, 0.25) is 0 Å². The van der Waals surface area contributed by atoms with Crippen LogP contribution in [0.25, 0.3) is 6.08 Å². The average molecular weight is 133 g/mol. The van der Waals surface area contributed by atoms with Crippen molar-refractivity contribution < 1.29 is 4.79 Å². The van der Waals surface area contributed by atoms with Crippen molar-refractivity contribution in [3.05, 3.63) is 36.2 Å². The van der Waals surface area contributed by atoms with Gasteiger partial charge in [0.25, 0.3) is 0 Å². The first-order valence-electron chi connectivity index (χ1n) is 2.95. The topological polar surface area (TPSA) is 30.0 Å². The standard InChI is InChI=1S/C8H7NO/c10-6-2-4-8-3-1-5-9-7-8/h1-7H. The van der Waals surface area contributed by atoms with Crippen molar-refractivity contribution in [2.45, 2.75) is 0 Å². The van der Waals surface area contributed by atoms with E-state index in [4.69, 9.17) is 0 Å². The van der Waals surface area contributed by atoms with Crippen LogP contribution in [0.4, 0.5) is 0 Å². The van der Waals surface area contributed by atoms with Gasteiger partial charge in [-0.1, -0.05) is 12.1 Å². The summed E-state index contributed by atoms with van der Waals surface area (Å²) in [6.45, 7) is 0. The smallest absolute Gasteiger partial charge is 0.142 e. The maximum absolute atomic E-state index is 9.87. The van der Waals surface area contributed by atoms with Crippen LogP contribution in [0.1, 0.15) is 5.56 Å². The summed E-state index contributed by atoms with van der Waals surface area (Å²) in [4.78, 5) is 13.7. The molecule has 0 atom stereocenters. The first-order chi connectivity index (χ1) is 4.93. The highest BCUT2D eigenvalue weighted by molar-refractivity contribution is 5.73. The van der Waals surface area contributed by atoms with E-state index in [1.165, 1.54) is 6.08 Å². The summed E-state index contributed by atoms with van der Waals surface area (Å²) in [6.07, 6.45) is 7.28. The van der Waals surface area contributed by atoms with E-state index in [0.717, 1.165) is 11.8 Å². The molecule has 2 heteroatoms. The van der Waals surface area contributed by atoms with Gasteiger partial charge in [0, 0.05) is 12.4 Å². The van der Waals surface area contributed by atoms with Crippen molar-refractivity contribution in [2.24, 2.45) is 0 Å². The molecule has 1 aromatic rings. The van der Waals surface area contributed by atoms with E-state index >= 15 is 0 Å². The van der Waals surface area contributed by atoms with E-state index in [1.807, 2.05) is 12.1 Å². The third-order valence-corrected chi connectivity index (χ3v) is 1.05. The van der Waals surface area contributed by atoms with E-state index in [0.29, 0.717) is 0 Å². The Hall–Kier alpha value is -1.44. The van der Waals surface area contributed by atoms with Crippen LogP contribution in [0.5, 0.6) is 0 Å². The van der Waals surface area contributed by atoms with E-state index in [9.17, 15) is 4.79 Å². The predicted molar refractivity (Wildman–Crippen MR) is 39.3 cm³/mol. The molecule has 50 valence electrons. The second-order valence-electron chi connectivity index (χ2n) is 1.78. The third-order valence-electron chi connectivity index (χ3n) is 1.05. The Bertz CT molecular complexity index is 228. The van der Waals surface area contributed by atoms with Crippen LogP contribution in [-0.2, 0) is 4.79 Å². The van der Waals surface area contributed by atoms with Crippen molar-refractivity contribution in [1.82, 2.24) is 4.98 Å². The SMILES string of the molecule is O=CC=Cc1cccnc1. The minimum atomic E-state index is 0.743. The molecule has 10 heavy (non-hydrogen) atoms. The van der Waals surface area contributed by atoms with Crippen LogP contribution in [0.2, 0.25) is 0 Å². The maximum atomic E-state index is 9.87. The molecule has 0 spiro atoms. The molecular weight excluding hydrogens is 126 g/mol. The molecule has 0 N–H and O–H groups in total. The fraction of sp³-hybridized carbons (Fsp3) is 0. The monoisotopic (exact) mass is 133 g/mol. The summed E-state index contributed by atoms with van der Waals surface area (Å²) < 4.78 is 0. The number of carbonyl (C=O) groups is 1. The number of nitrogens with zero attached hydrogens (tertiary/aromatic N) is 1. The zero-order valence-corrected chi connectivity index (χ0v) is 5.40. The summed E-state index contributed by atoms with van der Waals surface area (Å²) >= 11 is 0. The molecule has 0 aromatic carbocycles. The fourth-order valence-electron chi connectivity index (χ4n) is 0.625. The van der Waals surface area contributed by atoms with Gasteiger partial charge in [0.1, 0.15) is 6.29 Å². The summed E-state index contributed by atoms with van der Waals surface area (Å²) in [5, 5.41) is 0. The van der Waals surface area contributed by atoms with Crippen LogP contribution in [-0.4, -0.2) is 11.3 Å². The third kappa shape index (κ3) is 1.82. The Morgan fingerprint density at radius 3 is 3.00 bits per heavy atom. The second kappa shape index (κ2) is 3.56. The normalized spacial score (nSPS) is 10.0. The van der Waals surface area contributed by atoms with Gasteiger partial charge in [-0.3, -0.25) is 9.78 Å². The number of aldehydes is 1. The molecule has 0 unspecified atom stereocenters. The van der Waals surface area contributed by atoms with Gasteiger partial charge in [-0.05, 0) is 17.7 Å². The van der Waals surface area contributed by atoms with Gasteiger partial charge in [0.15, 0.2) is 0 Å². The maximum Gasteiger partial charge on any atom is 0.142 e. The lowest BCUT2D eigenvalue weighted by Gasteiger charge is -1.86. The van der Waals surface area contributed by atoms with Crippen LogP contribution >= 0.6 is 0 Å². The molecule has 1 aromatic heterocycles. The van der Waals surface area contributed by atoms with Crippen molar-refractivity contribution in [3.8, 4) is 0 Å². The minimum absolute atomic E-state index is 0.743. The molecule has 0 amide bonds. The molecular formula is C8H7NO. The summed E-state index contributed by atoms with van der Waals surface area (Å²) in [7, 11) is 0. The van der Waals surface area contributed by atoms with Crippen molar-refractivity contribution >= 4 is 12.4 Å². The Balaban J connectivity index is 2.76. The lowest BCUT2D eigenvalue weighted by atomic mass is 10.3. The van der Waals surface area contributed by atoms with Crippen LogP contribution < -0.4 is 0 Å². The molecule has 1 rings (SSSR count). The molecule has 0 saturated carbocycles. The number of aromatic nitrogens is 1. The molecule has 2 nitrogen and oxygen atoms in total. The van der Waals surface area contributed by atoms with Crippen molar-refractivity contribution in [3.63, 3.8) is 0 Å². The van der Waals surface area contributed by atoms with Gasteiger partial charge < -0.3 is 0 Å². The Morgan fingerprint density at radius 1 is 1.50 bits per heavy atom. The molecule has 0 aliphatic carbocycles. The molecule has 1 heterocycles. The predicted octanol–water partition coefficient (Wildman–Crippen LogP) is 1.29. The first-order valence-corrected chi connectivity index (χ1v) is 2.95. The van der Waals surface area contributed by atoms with Gasteiger partial charge in [-0.2, -0.15) is 0 Å². The van der Waals surface area contributed by atoms with Crippen LogP contribution in [0.3, 0.4) is 0 Å². The van der Waals surface area contributed by atoms with E-state index in [1.54, 1.807) is 18.5 Å². The summed E-state index contributed by atoms with van der Waals surface area (Å²) in [6, 6.07) is 3.71. The van der Waals surface area contributed by atoms with E-state index < -0.39 is 0 Å². The average Bonchev–Trinajstić information content (AvgIpc) is 2.03. The molecule has 0 fully saturated rings. The minimum Gasteiger partial charge on any atom is -0.299 e. The molecule has 0 aliphatic rings. The van der Waals surface area contributed by atoms with Crippen LogP contribution in [0.15, 0.2) is 30.6 Å². The highest BCUT2D eigenvalue weighted by atomic mass is 16.1. The lowest BCUT2D eigenvalue weighted by molar-refractivity contribution is -0.104. The molecule has 0 saturated heterocycles. The van der Waals surface area contributed by atoms with Gasteiger partial charge in [-0.25, -0.2) is 0 Å². The van der Waals surface area contributed by atoms with Gasteiger partial charge >= 0.3 is 0 Å². The Morgan fingerprint density at radius 2 is 2.40 bits per heavy atom. The van der Waals surface area contributed by atoms with Gasteiger partial charge in [0.05, 0.1) is 0 Å². The van der Waals surface area contributed by atoms with Gasteiger partial charge in [-0.15, -0.1) is 0 Å². The first kappa shape index (κ1) is 6.68. The number of pyridine rings is 1. The zero-order chi connectivity index (χ0) is 7.23. The highest BCUT2D eigenvalue weighted by Crippen LogP contribution is 1.96. The number of hydrogen-bond donors (Lipinski definition) is 0. The zero-order valence-electron chi connectivity index (χ0n) is 5.40. The number of hydrogen-bond acceptors (Lipinski definition) is 2. The largest absolute Gasteiger partial charge is 0.299 e. The molecule has 0 radical (unpaired) electrons. The summed E-state index contributed by atoms with van der Waals surface area (Å²) in [5.74, 6) is 0. The lowest BCUT2D eigenvalue weighted by Crippen LogP contribution is -1.72. The van der Waals surface area contributed by atoms with Crippen molar-refractivity contribution in [2.75, 3.05) is 0 Å². The van der Waals surface area contributed by atoms with Crippen LogP contribution in [0, 0.1) is 0 Å². The number of carbonyl (C=O) groups excluding carboxylic acids is 1. The summed E-state index contributed by atoms with van der Waals surface area (Å²) in [5.41, 5.74) is 0.939. The van der Waals surface area contributed by atoms with E-state index in [2.05, 4.69) is 4.98 Å². The number of allylic oxidation sites excluding steroid dienone is 1.